The number of quaternary nitrogens is 1. The van der Waals surface area contributed by atoms with Gasteiger partial charge in [0.05, 0.1) is 27.2 Å². The van der Waals surface area contributed by atoms with Crippen molar-refractivity contribution in [3.05, 3.63) is 0 Å². The molecule has 0 bridgehead atoms. The van der Waals surface area contributed by atoms with Gasteiger partial charge in [0.1, 0.15) is 6.29 Å². The van der Waals surface area contributed by atoms with E-state index in [9.17, 15) is 4.79 Å². The Hall–Kier alpha value is -1.23. The fraction of sp³-hybridized carbons (Fsp3) is 0.727. The Balaban J connectivity index is -0.000000377. The summed E-state index contributed by atoms with van der Waals surface area (Å²) in [6, 6.07) is 0. The molecule has 0 unspecified atom stereocenters. The standard InChI is InChI=1S/C8H17N3O.C2H4O.CH4/c1-8(12)10-5-6-11(3,4)7-9-2;1-2-3;/h2,5-7H2,1,3-4H3;2H,1H3;1H4/p+1. The minimum Gasteiger partial charge on any atom is -0.351 e. The molecule has 0 aromatic rings. The van der Waals surface area contributed by atoms with Crippen LogP contribution in [0.25, 0.3) is 0 Å². The Morgan fingerprint density at radius 3 is 2.25 bits per heavy atom. The van der Waals surface area contributed by atoms with Gasteiger partial charge in [-0.05, 0) is 13.6 Å². The number of hydrogen-bond acceptors (Lipinski definition) is 3. The summed E-state index contributed by atoms with van der Waals surface area (Å²) in [5.74, 6) is 0.0153. The van der Waals surface area contributed by atoms with Crippen LogP contribution >= 0.6 is 0 Å². The monoisotopic (exact) mass is 232 g/mol. The minimum atomic E-state index is 0. The number of likely N-dealkylation sites (N-methyl/N-ethyl adjacent to an activating group) is 1. The van der Waals surface area contributed by atoms with Crippen molar-refractivity contribution in [1.29, 1.82) is 0 Å². The Kier molecular flexibility index (Phi) is 15.0. The average molecular weight is 232 g/mol. The summed E-state index contributed by atoms with van der Waals surface area (Å²) < 4.78 is 0.754. The largest absolute Gasteiger partial charge is 0.351 e. The highest BCUT2D eigenvalue weighted by Gasteiger charge is 2.12. The van der Waals surface area contributed by atoms with E-state index in [0.29, 0.717) is 13.2 Å². The zero-order valence-electron chi connectivity index (χ0n) is 10.1. The number of amides is 1. The molecule has 0 aliphatic rings. The van der Waals surface area contributed by atoms with Crippen molar-refractivity contribution in [1.82, 2.24) is 5.32 Å². The van der Waals surface area contributed by atoms with E-state index in [1.54, 1.807) is 0 Å². The maximum absolute atomic E-state index is 10.5. The second-order valence-electron chi connectivity index (χ2n) is 3.74. The van der Waals surface area contributed by atoms with Crippen LogP contribution in [0.2, 0.25) is 0 Å². The highest BCUT2D eigenvalue weighted by atomic mass is 16.1. The summed E-state index contributed by atoms with van der Waals surface area (Å²) in [6.45, 7) is 8.65. The molecule has 0 aliphatic carbocycles. The van der Waals surface area contributed by atoms with Gasteiger partial charge in [-0.2, -0.15) is 0 Å². The zero-order chi connectivity index (χ0) is 12.3. The van der Waals surface area contributed by atoms with Crippen LogP contribution in [0.5, 0.6) is 0 Å². The van der Waals surface area contributed by atoms with Crippen LogP contribution in [0.1, 0.15) is 21.3 Å². The van der Waals surface area contributed by atoms with Crippen molar-refractivity contribution in [2.75, 3.05) is 33.9 Å². The van der Waals surface area contributed by atoms with E-state index in [4.69, 9.17) is 4.79 Å². The van der Waals surface area contributed by atoms with Gasteiger partial charge in [-0.3, -0.25) is 4.79 Å². The molecular formula is C11H26N3O2+. The smallest absolute Gasteiger partial charge is 0.217 e. The molecule has 1 N–H and O–H groups in total. The molecule has 96 valence electrons. The molecule has 0 rings (SSSR count). The SMILES string of the molecule is C.C=NC[N+](C)(C)CCNC(C)=O.CC=O. The van der Waals surface area contributed by atoms with Crippen molar-refractivity contribution in [3.63, 3.8) is 0 Å². The third-order valence-electron chi connectivity index (χ3n) is 1.57. The van der Waals surface area contributed by atoms with Gasteiger partial charge >= 0.3 is 0 Å². The van der Waals surface area contributed by atoms with Gasteiger partial charge in [-0.1, -0.05) is 7.43 Å². The first-order valence-electron chi connectivity index (χ1n) is 4.78. The van der Waals surface area contributed by atoms with Crippen LogP contribution in [0.4, 0.5) is 0 Å². The molecule has 0 spiro atoms. The molecule has 1 amide bonds. The number of hydrogen-bond donors (Lipinski definition) is 1. The number of aldehydes is 1. The first-order valence-corrected chi connectivity index (χ1v) is 4.78. The van der Waals surface area contributed by atoms with Gasteiger partial charge < -0.3 is 14.6 Å². The highest BCUT2D eigenvalue weighted by Crippen LogP contribution is 1.94. The fourth-order valence-electron chi connectivity index (χ4n) is 0.876. The van der Waals surface area contributed by atoms with E-state index in [1.807, 2.05) is 0 Å². The molecule has 16 heavy (non-hydrogen) atoms. The lowest BCUT2D eigenvalue weighted by atomic mass is 10.5. The number of nitrogens with zero attached hydrogens (tertiary/aromatic N) is 2. The number of carbonyl (C=O) groups is 2. The molecule has 0 fully saturated rings. The third kappa shape index (κ3) is 18.5. The predicted octanol–water partition coefficient (Wildman–Crippen LogP) is 0.698. The van der Waals surface area contributed by atoms with Gasteiger partial charge in [0.25, 0.3) is 0 Å². The summed E-state index contributed by atoms with van der Waals surface area (Å²) in [5.41, 5.74) is 0. The molecule has 5 heteroatoms. The quantitative estimate of drug-likeness (QED) is 0.431. The van der Waals surface area contributed by atoms with Gasteiger partial charge in [0, 0.05) is 6.92 Å². The number of carbonyl (C=O) groups excluding carboxylic acids is 2. The molecule has 0 aliphatic heterocycles. The van der Waals surface area contributed by atoms with E-state index >= 15 is 0 Å². The molecule has 5 nitrogen and oxygen atoms in total. The summed E-state index contributed by atoms with van der Waals surface area (Å²) in [4.78, 5) is 23.2. The van der Waals surface area contributed by atoms with Crippen LogP contribution in [0.3, 0.4) is 0 Å². The van der Waals surface area contributed by atoms with Crippen LogP contribution in [-0.2, 0) is 9.59 Å². The minimum absolute atomic E-state index is 0. The lowest BCUT2D eigenvalue weighted by Gasteiger charge is -2.27. The summed E-state index contributed by atoms with van der Waals surface area (Å²) >= 11 is 0. The normalized spacial score (nSPS) is 9.00. The van der Waals surface area contributed by atoms with Crippen molar-refractivity contribution >= 4 is 18.9 Å². The van der Waals surface area contributed by atoms with Crippen molar-refractivity contribution in [2.24, 2.45) is 4.99 Å². The van der Waals surface area contributed by atoms with E-state index in [0.717, 1.165) is 17.3 Å². The maximum atomic E-state index is 10.5. The molecule has 0 heterocycles. The fourth-order valence-corrected chi connectivity index (χ4v) is 0.876. The van der Waals surface area contributed by atoms with Crippen LogP contribution in [0.15, 0.2) is 4.99 Å². The average Bonchev–Trinajstić information content (AvgIpc) is 2.03. The second-order valence-corrected chi connectivity index (χ2v) is 3.74. The van der Waals surface area contributed by atoms with Crippen LogP contribution in [-0.4, -0.2) is 57.2 Å². The van der Waals surface area contributed by atoms with Gasteiger partial charge in [-0.15, -0.1) is 0 Å². The predicted molar refractivity (Wildman–Crippen MR) is 68.5 cm³/mol. The molecule has 0 radical (unpaired) electrons. The van der Waals surface area contributed by atoms with E-state index in [-0.39, 0.29) is 13.3 Å². The Morgan fingerprint density at radius 1 is 1.50 bits per heavy atom. The molecule has 0 aromatic carbocycles. The maximum Gasteiger partial charge on any atom is 0.217 e. The first kappa shape index (κ1) is 20.2. The number of aliphatic imine (C=N–C) groups is 1. The van der Waals surface area contributed by atoms with E-state index in [2.05, 4.69) is 31.1 Å². The first-order chi connectivity index (χ1) is 6.89. The van der Waals surface area contributed by atoms with Gasteiger partial charge in [-0.25, -0.2) is 4.99 Å². The highest BCUT2D eigenvalue weighted by molar-refractivity contribution is 5.72. The topological polar surface area (TPSA) is 58.5 Å². The van der Waals surface area contributed by atoms with Gasteiger partial charge in [0.2, 0.25) is 5.91 Å². The lowest BCUT2D eigenvalue weighted by molar-refractivity contribution is -0.888. The van der Waals surface area contributed by atoms with Gasteiger partial charge in [0.15, 0.2) is 6.67 Å². The number of rotatable bonds is 5. The van der Waals surface area contributed by atoms with Crippen molar-refractivity contribution < 1.29 is 14.1 Å². The molecule has 0 aromatic heterocycles. The molecule has 0 saturated carbocycles. The Labute approximate surface area is 99.1 Å². The molecular weight excluding hydrogens is 206 g/mol. The second kappa shape index (κ2) is 11.8. The van der Waals surface area contributed by atoms with E-state index in [1.165, 1.54) is 13.8 Å². The van der Waals surface area contributed by atoms with Crippen molar-refractivity contribution in [3.8, 4) is 0 Å². The lowest BCUT2D eigenvalue weighted by Crippen LogP contribution is -2.45. The van der Waals surface area contributed by atoms with Crippen LogP contribution in [0, 0.1) is 0 Å². The molecule has 0 atom stereocenters. The zero-order valence-corrected chi connectivity index (χ0v) is 10.1. The number of nitrogens with one attached hydrogen (secondary N) is 1. The summed E-state index contributed by atoms with van der Waals surface area (Å²) in [5, 5.41) is 2.74. The Morgan fingerprint density at radius 2 is 1.94 bits per heavy atom. The third-order valence-corrected chi connectivity index (χ3v) is 1.57. The van der Waals surface area contributed by atoms with Crippen molar-refractivity contribution in [2.45, 2.75) is 21.3 Å². The van der Waals surface area contributed by atoms with E-state index < -0.39 is 0 Å². The molecule has 0 saturated heterocycles. The van der Waals surface area contributed by atoms with Crippen LogP contribution < -0.4 is 5.32 Å². The summed E-state index contributed by atoms with van der Waals surface area (Å²) in [7, 11) is 4.10. The Bertz CT molecular complexity index is 203. The summed E-state index contributed by atoms with van der Waals surface area (Å²) in [6.07, 6.45) is 0.750.